The van der Waals surface area contributed by atoms with Crippen molar-refractivity contribution in [3.8, 4) is 5.75 Å². The summed E-state index contributed by atoms with van der Waals surface area (Å²) in [6.45, 7) is 0.785. The smallest absolute Gasteiger partial charge is 0.246 e. The number of rotatable bonds is 4. The molecule has 1 fully saturated rings. The average Bonchev–Trinajstić information content (AvgIpc) is 2.47. The highest BCUT2D eigenvalue weighted by atomic mass is 32.2. The molecule has 1 saturated heterocycles. The average molecular weight is 300 g/mol. The Morgan fingerprint density at radius 3 is 2.90 bits per heavy atom. The number of piperidine rings is 1. The van der Waals surface area contributed by atoms with E-state index in [9.17, 15) is 13.5 Å². The Morgan fingerprint density at radius 1 is 1.50 bits per heavy atom. The number of nitrogens with zero attached hydrogens (tertiary/aromatic N) is 1. The van der Waals surface area contributed by atoms with E-state index in [1.165, 1.54) is 17.5 Å². The second kappa shape index (κ2) is 5.99. The minimum absolute atomic E-state index is 0.0000828. The molecule has 0 saturated carbocycles. The van der Waals surface area contributed by atoms with Crippen LogP contribution in [-0.4, -0.2) is 44.6 Å². The van der Waals surface area contributed by atoms with Gasteiger partial charge >= 0.3 is 0 Å². The number of anilines is 1. The van der Waals surface area contributed by atoms with Crippen LogP contribution in [0.2, 0.25) is 0 Å². The van der Waals surface area contributed by atoms with Crippen molar-refractivity contribution < 1.29 is 18.3 Å². The van der Waals surface area contributed by atoms with Gasteiger partial charge in [0.05, 0.1) is 7.11 Å². The van der Waals surface area contributed by atoms with Crippen LogP contribution >= 0.6 is 0 Å². The Morgan fingerprint density at radius 2 is 2.25 bits per heavy atom. The van der Waals surface area contributed by atoms with E-state index in [0.717, 1.165) is 12.8 Å². The second-order valence-corrected chi connectivity index (χ2v) is 6.87. The number of nitrogens with two attached hydrogens (primary N) is 1. The minimum atomic E-state index is -3.65. The summed E-state index contributed by atoms with van der Waals surface area (Å²) < 4.78 is 31.9. The monoisotopic (exact) mass is 300 g/mol. The Labute approximate surface area is 119 Å². The van der Waals surface area contributed by atoms with Crippen molar-refractivity contribution in [3.63, 3.8) is 0 Å². The lowest BCUT2D eigenvalue weighted by atomic mass is 10.0. The van der Waals surface area contributed by atoms with Gasteiger partial charge in [0.25, 0.3) is 0 Å². The maximum absolute atomic E-state index is 12.7. The lowest BCUT2D eigenvalue weighted by molar-refractivity contribution is 0.165. The third-order valence-corrected chi connectivity index (χ3v) is 5.43. The summed E-state index contributed by atoms with van der Waals surface area (Å²) in [7, 11) is -2.23. The fourth-order valence-electron chi connectivity index (χ4n) is 2.43. The van der Waals surface area contributed by atoms with Crippen molar-refractivity contribution >= 4 is 15.7 Å². The van der Waals surface area contributed by atoms with Crippen molar-refractivity contribution in [1.82, 2.24) is 4.31 Å². The number of sulfonamides is 1. The zero-order chi connectivity index (χ0) is 14.8. The van der Waals surface area contributed by atoms with E-state index >= 15 is 0 Å². The molecule has 1 aliphatic rings. The molecule has 0 aliphatic carbocycles. The molecule has 1 heterocycles. The first-order valence-electron chi connectivity index (χ1n) is 6.53. The number of methoxy groups -OCH3 is 1. The molecular weight excluding hydrogens is 280 g/mol. The van der Waals surface area contributed by atoms with E-state index in [4.69, 9.17) is 10.5 Å². The van der Waals surface area contributed by atoms with Crippen LogP contribution in [0.15, 0.2) is 23.1 Å². The highest BCUT2D eigenvalue weighted by molar-refractivity contribution is 7.89. The van der Waals surface area contributed by atoms with Gasteiger partial charge in [-0.25, -0.2) is 8.42 Å². The van der Waals surface area contributed by atoms with E-state index in [1.807, 2.05) is 0 Å². The van der Waals surface area contributed by atoms with Crippen LogP contribution in [-0.2, 0) is 10.0 Å². The third-order valence-electron chi connectivity index (χ3n) is 3.55. The summed E-state index contributed by atoms with van der Waals surface area (Å²) >= 11 is 0. The Bertz CT molecular complexity index is 574. The van der Waals surface area contributed by atoms with Crippen molar-refractivity contribution in [2.45, 2.75) is 17.7 Å². The molecule has 1 aromatic carbocycles. The van der Waals surface area contributed by atoms with Gasteiger partial charge in [-0.15, -0.1) is 0 Å². The van der Waals surface area contributed by atoms with Crippen LogP contribution in [0.25, 0.3) is 0 Å². The van der Waals surface area contributed by atoms with Gasteiger partial charge in [0.2, 0.25) is 10.0 Å². The van der Waals surface area contributed by atoms with Crippen LogP contribution in [0.1, 0.15) is 12.8 Å². The molecule has 0 bridgehead atoms. The lowest BCUT2D eigenvalue weighted by Gasteiger charge is -2.31. The number of aliphatic hydroxyl groups excluding tert-OH is 1. The second-order valence-electron chi connectivity index (χ2n) is 4.96. The van der Waals surface area contributed by atoms with Crippen LogP contribution in [0, 0.1) is 5.92 Å². The molecule has 0 aromatic heterocycles. The Balaban J connectivity index is 2.37. The first kappa shape index (κ1) is 15.1. The molecule has 0 radical (unpaired) electrons. The summed E-state index contributed by atoms with van der Waals surface area (Å²) in [6.07, 6.45) is 1.59. The molecule has 3 N–H and O–H groups in total. The van der Waals surface area contributed by atoms with Crippen molar-refractivity contribution in [3.05, 3.63) is 18.2 Å². The van der Waals surface area contributed by atoms with Gasteiger partial charge in [-0.05, 0) is 37.0 Å². The molecule has 1 atom stereocenters. The first-order chi connectivity index (χ1) is 9.48. The fraction of sp³-hybridized carbons (Fsp3) is 0.538. The molecule has 2 rings (SSSR count). The quantitative estimate of drug-likeness (QED) is 0.797. The number of hydrogen-bond acceptors (Lipinski definition) is 5. The molecule has 112 valence electrons. The SMILES string of the molecule is COc1ccc(N)cc1S(=O)(=O)N1CCCC(CO)C1. The third kappa shape index (κ3) is 2.89. The van der Waals surface area contributed by atoms with Crippen molar-refractivity contribution in [2.75, 3.05) is 32.5 Å². The van der Waals surface area contributed by atoms with Gasteiger partial charge in [0.15, 0.2) is 0 Å². The number of hydrogen-bond donors (Lipinski definition) is 2. The van der Waals surface area contributed by atoms with Gasteiger partial charge in [-0.3, -0.25) is 0 Å². The lowest BCUT2D eigenvalue weighted by Crippen LogP contribution is -2.41. The summed E-state index contributed by atoms with van der Waals surface area (Å²) in [5.74, 6) is 0.274. The predicted molar refractivity (Wildman–Crippen MR) is 76.0 cm³/mol. The molecule has 20 heavy (non-hydrogen) atoms. The number of nitrogen functional groups attached to an aromatic ring is 1. The van der Waals surface area contributed by atoms with Crippen LogP contribution in [0.3, 0.4) is 0 Å². The summed E-state index contributed by atoms with van der Waals surface area (Å²) in [6, 6.07) is 4.57. The van der Waals surface area contributed by atoms with Crippen LogP contribution in [0.4, 0.5) is 5.69 Å². The molecule has 0 amide bonds. The molecular formula is C13H20N2O4S. The molecule has 1 aromatic rings. The molecule has 1 unspecified atom stereocenters. The number of benzene rings is 1. The predicted octanol–water partition coefficient (Wildman–Crippen LogP) is 0.670. The van der Waals surface area contributed by atoms with Gasteiger partial charge in [0, 0.05) is 25.4 Å². The van der Waals surface area contributed by atoms with Crippen molar-refractivity contribution in [2.24, 2.45) is 5.92 Å². The maximum Gasteiger partial charge on any atom is 0.246 e. The number of ether oxygens (including phenoxy) is 1. The molecule has 1 aliphatic heterocycles. The van der Waals surface area contributed by atoms with Crippen LogP contribution < -0.4 is 10.5 Å². The van der Waals surface area contributed by atoms with Crippen molar-refractivity contribution in [1.29, 1.82) is 0 Å². The minimum Gasteiger partial charge on any atom is -0.495 e. The summed E-state index contributed by atoms with van der Waals surface area (Å²) in [5.41, 5.74) is 6.06. The molecule has 6 nitrogen and oxygen atoms in total. The van der Waals surface area contributed by atoms with E-state index < -0.39 is 10.0 Å². The highest BCUT2D eigenvalue weighted by Gasteiger charge is 2.32. The van der Waals surface area contributed by atoms with E-state index in [2.05, 4.69) is 0 Å². The fourth-order valence-corrected chi connectivity index (χ4v) is 4.17. The van der Waals surface area contributed by atoms with Gasteiger partial charge in [0.1, 0.15) is 10.6 Å². The summed E-state index contributed by atoms with van der Waals surface area (Å²) in [5, 5.41) is 9.22. The van der Waals surface area contributed by atoms with E-state index in [1.54, 1.807) is 12.1 Å². The normalized spacial score (nSPS) is 20.8. The molecule has 0 spiro atoms. The van der Waals surface area contributed by atoms with E-state index in [0.29, 0.717) is 18.8 Å². The van der Waals surface area contributed by atoms with Crippen LogP contribution in [0.5, 0.6) is 5.75 Å². The standard InChI is InChI=1S/C13H20N2O4S/c1-19-12-5-4-11(14)7-13(12)20(17,18)15-6-2-3-10(8-15)9-16/h4-5,7,10,16H,2-3,6,8-9,14H2,1H3. The highest BCUT2D eigenvalue weighted by Crippen LogP contribution is 2.31. The topological polar surface area (TPSA) is 92.9 Å². The Kier molecular flexibility index (Phi) is 4.52. The van der Waals surface area contributed by atoms with E-state index in [-0.39, 0.29) is 23.2 Å². The molecule has 7 heteroatoms. The Hall–Kier alpha value is -1.31. The largest absolute Gasteiger partial charge is 0.495 e. The van der Waals surface area contributed by atoms with Gasteiger partial charge in [-0.2, -0.15) is 4.31 Å². The zero-order valence-electron chi connectivity index (χ0n) is 11.4. The van der Waals surface area contributed by atoms with Gasteiger partial charge in [-0.1, -0.05) is 0 Å². The maximum atomic E-state index is 12.7. The number of aliphatic hydroxyl groups is 1. The zero-order valence-corrected chi connectivity index (χ0v) is 12.3. The summed E-state index contributed by atoms with van der Waals surface area (Å²) in [4.78, 5) is 0.0820. The van der Waals surface area contributed by atoms with Gasteiger partial charge < -0.3 is 15.6 Å². The first-order valence-corrected chi connectivity index (χ1v) is 7.97.